The second-order valence-corrected chi connectivity index (χ2v) is 4.35. The van der Waals surface area contributed by atoms with Crippen LogP contribution in [0.2, 0.25) is 0 Å². The van der Waals surface area contributed by atoms with Crippen molar-refractivity contribution in [1.29, 1.82) is 0 Å². The molecule has 0 radical (unpaired) electrons. The van der Waals surface area contributed by atoms with Crippen molar-refractivity contribution in [2.24, 2.45) is 5.92 Å². The SMILES string of the molecule is CCOc1cc(N2CCC(C)C2C)ncn1. The van der Waals surface area contributed by atoms with Crippen LogP contribution in [0.3, 0.4) is 0 Å². The number of aromatic nitrogens is 2. The fourth-order valence-corrected chi connectivity index (χ4v) is 2.13. The first-order valence-electron chi connectivity index (χ1n) is 5.94. The highest BCUT2D eigenvalue weighted by Gasteiger charge is 2.28. The molecule has 1 saturated heterocycles. The molecule has 2 heterocycles. The molecule has 16 heavy (non-hydrogen) atoms. The molecule has 0 bridgehead atoms. The largest absolute Gasteiger partial charge is 0.478 e. The van der Waals surface area contributed by atoms with Gasteiger partial charge in [-0.25, -0.2) is 9.97 Å². The lowest BCUT2D eigenvalue weighted by Gasteiger charge is -2.24. The Bertz CT molecular complexity index is 356. The molecule has 1 aromatic heterocycles. The molecule has 2 rings (SSSR count). The summed E-state index contributed by atoms with van der Waals surface area (Å²) in [5.41, 5.74) is 0. The van der Waals surface area contributed by atoms with E-state index in [1.165, 1.54) is 6.42 Å². The van der Waals surface area contributed by atoms with Crippen molar-refractivity contribution in [1.82, 2.24) is 9.97 Å². The van der Waals surface area contributed by atoms with Gasteiger partial charge in [0.1, 0.15) is 12.1 Å². The molecular formula is C12H19N3O. The molecule has 1 aliphatic heterocycles. The van der Waals surface area contributed by atoms with Crippen LogP contribution >= 0.6 is 0 Å². The van der Waals surface area contributed by atoms with Gasteiger partial charge < -0.3 is 9.64 Å². The van der Waals surface area contributed by atoms with E-state index in [1.54, 1.807) is 6.33 Å². The van der Waals surface area contributed by atoms with Crippen LogP contribution in [0.1, 0.15) is 27.2 Å². The van der Waals surface area contributed by atoms with Gasteiger partial charge in [-0.1, -0.05) is 6.92 Å². The van der Waals surface area contributed by atoms with Crippen LogP contribution in [0.5, 0.6) is 5.88 Å². The predicted molar refractivity (Wildman–Crippen MR) is 63.8 cm³/mol. The molecule has 0 aliphatic carbocycles. The molecule has 2 atom stereocenters. The van der Waals surface area contributed by atoms with Gasteiger partial charge >= 0.3 is 0 Å². The summed E-state index contributed by atoms with van der Waals surface area (Å²) in [6, 6.07) is 2.47. The van der Waals surface area contributed by atoms with Gasteiger partial charge in [0.05, 0.1) is 6.61 Å². The molecule has 0 aromatic carbocycles. The first kappa shape index (κ1) is 11.2. The van der Waals surface area contributed by atoms with Crippen LogP contribution in [-0.4, -0.2) is 29.2 Å². The summed E-state index contributed by atoms with van der Waals surface area (Å²) in [6.07, 6.45) is 2.81. The average Bonchev–Trinajstić information content (AvgIpc) is 2.61. The van der Waals surface area contributed by atoms with E-state index in [1.807, 2.05) is 13.0 Å². The van der Waals surface area contributed by atoms with Gasteiger partial charge in [-0.05, 0) is 26.2 Å². The summed E-state index contributed by atoms with van der Waals surface area (Å²) in [6.45, 7) is 8.21. The zero-order valence-electron chi connectivity index (χ0n) is 10.2. The van der Waals surface area contributed by atoms with Crippen molar-refractivity contribution >= 4 is 5.82 Å². The monoisotopic (exact) mass is 221 g/mol. The second kappa shape index (κ2) is 4.68. The van der Waals surface area contributed by atoms with Gasteiger partial charge in [0.15, 0.2) is 0 Å². The molecule has 0 saturated carbocycles. The van der Waals surface area contributed by atoms with Gasteiger partial charge in [-0.15, -0.1) is 0 Å². The number of rotatable bonds is 3. The molecule has 2 unspecified atom stereocenters. The molecule has 1 aromatic rings. The van der Waals surface area contributed by atoms with Crippen molar-refractivity contribution in [2.75, 3.05) is 18.1 Å². The number of hydrogen-bond donors (Lipinski definition) is 0. The number of ether oxygens (including phenoxy) is 1. The van der Waals surface area contributed by atoms with Crippen LogP contribution in [0.25, 0.3) is 0 Å². The zero-order chi connectivity index (χ0) is 11.5. The molecule has 0 amide bonds. The third-order valence-corrected chi connectivity index (χ3v) is 3.35. The third-order valence-electron chi connectivity index (χ3n) is 3.35. The van der Waals surface area contributed by atoms with Crippen molar-refractivity contribution in [2.45, 2.75) is 33.2 Å². The summed E-state index contributed by atoms with van der Waals surface area (Å²) < 4.78 is 5.39. The Morgan fingerprint density at radius 3 is 2.88 bits per heavy atom. The second-order valence-electron chi connectivity index (χ2n) is 4.35. The molecule has 4 nitrogen and oxygen atoms in total. The Balaban J connectivity index is 2.17. The smallest absolute Gasteiger partial charge is 0.218 e. The van der Waals surface area contributed by atoms with Gasteiger partial charge in [-0.2, -0.15) is 0 Å². The third kappa shape index (κ3) is 2.10. The zero-order valence-corrected chi connectivity index (χ0v) is 10.2. The lowest BCUT2D eigenvalue weighted by atomic mass is 10.1. The van der Waals surface area contributed by atoms with Crippen LogP contribution in [0.4, 0.5) is 5.82 Å². The van der Waals surface area contributed by atoms with Gasteiger partial charge in [-0.3, -0.25) is 0 Å². The molecule has 0 N–H and O–H groups in total. The quantitative estimate of drug-likeness (QED) is 0.783. The van der Waals surface area contributed by atoms with Crippen molar-refractivity contribution in [3.8, 4) is 5.88 Å². The Hall–Kier alpha value is -1.32. The van der Waals surface area contributed by atoms with Crippen LogP contribution in [0.15, 0.2) is 12.4 Å². The van der Waals surface area contributed by atoms with E-state index in [0.717, 1.165) is 18.3 Å². The average molecular weight is 221 g/mol. The number of nitrogens with zero attached hydrogens (tertiary/aromatic N) is 3. The maximum atomic E-state index is 5.39. The van der Waals surface area contributed by atoms with E-state index >= 15 is 0 Å². The minimum atomic E-state index is 0.546. The Kier molecular flexibility index (Phi) is 3.27. The maximum Gasteiger partial charge on any atom is 0.218 e. The number of anilines is 1. The van der Waals surface area contributed by atoms with Gasteiger partial charge in [0.2, 0.25) is 5.88 Å². The minimum Gasteiger partial charge on any atom is -0.478 e. The van der Waals surface area contributed by atoms with Gasteiger partial charge in [0, 0.05) is 18.7 Å². The lowest BCUT2D eigenvalue weighted by molar-refractivity contribution is 0.326. The fourth-order valence-electron chi connectivity index (χ4n) is 2.13. The van der Waals surface area contributed by atoms with Gasteiger partial charge in [0.25, 0.3) is 0 Å². The van der Waals surface area contributed by atoms with Crippen molar-refractivity contribution in [3.63, 3.8) is 0 Å². The Labute approximate surface area is 96.7 Å². The standard InChI is InChI=1S/C12H19N3O/c1-4-16-12-7-11(13-8-14-12)15-6-5-9(2)10(15)3/h7-10H,4-6H2,1-3H3. The fraction of sp³-hybridized carbons (Fsp3) is 0.667. The highest BCUT2D eigenvalue weighted by Crippen LogP contribution is 2.28. The van der Waals surface area contributed by atoms with E-state index in [-0.39, 0.29) is 0 Å². The summed E-state index contributed by atoms with van der Waals surface area (Å²) in [5, 5.41) is 0. The molecule has 0 spiro atoms. The van der Waals surface area contributed by atoms with Crippen LogP contribution in [0, 0.1) is 5.92 Å². The van der Waals surface area contributed by atoms with E-state index in [0.29, 0.717) is 18.5 Å². The minimum absolute atomic E-state index is 0.546. The van der Waals surface area contributed by atoms with Crippen LogP contribution in [-0.2, 0) is 0 Å². The molecule has 1 aliphatic rings. The van der Waals surface area contributed by atoms with E-state index in [2.05, 4.69) is 28.7 Å². The Morgan fingerprint density at radius 1 is 1.44 bits per heavy atom. The summed E-state index contributed by atoms with van der Waals surface area (Å²) >= 11 is 0. The van der Waals surface area contributed by atoms with E-state index < -0.39 is 0 Å². The normalized spacial score (nSPS) is 24.8. The highest BCUT2D eigenvalue weighted by molar-refractivity contribution is 5.43. The molecule has 4 heteroatoms. The maximum absolute atomic E-state index is 5.39. The first-order valence-corrected chi connectivity index (χ1v) is 5.94. The van der Waals surface area contributed by atoms with Crippen molar-refractivity contribution in [3.05, 3.63) is 12.4 Å². The predicted octanol–water partition coefficient (Wildman–Crippen LogP) is 2.11. The highest BCUT2D eigenvalue weighted by atomic mass is 16.5. The summed E-state index contributed by atoms with van der Waals surface area (Å²) in [4.78, 5) is 10.7. The molecule has 1 fully saturated rings. The number of hydrogen-bond acceptors (Lipinski definition) is 4. The van der Waals surface area contributed by atoms with Crippen LogP contribution < -0.4 is 9.64 Å². The van der Waals surface area contributed by atoms with E-state index in [4.69, 9.17) is 4.74 Å². The lowest BCUT2D eigenvalue weighted by Crippen LogP contribution is -2.29. The molecular weight excluding hydrogens is 202 g/mol. The summed E-state index contributed by atoms with van der Waals surface area (Å²) in [5.74, 6) is 2.38. The Morgan fingerprint density at radius 2 is 2.25 bits per heavy atom. The topological polar surface area (TPSA) is 38.2 Å². The van der Waals surface area contributed by atoms with Crippen molar-refractivity contribution < 1.29 is 4.74 Å². The first-order chi connectivity index (χ1) is 7.72. The molecule has 88 valence electrons. The summed E-state index contributed by atoms with van der Waals surface area (Å²) in [7, 11) is 0. The van der Waals surface area contributed by atoms with E-state index in [9.17, 15) is 0 Å².